The largest absolute Gasteiger partial charge is 0.486 e. The summed E-state index contributed by atoms with van der Waals surface area (Å²) in [6, 6.07) is 14.6. The number of hydrogen-bond donors (Lipinski definition) is 1. The first kappa shape index (κ1) is 17.9. The van der Waals surface area contributed by atoms with Gasteiger partial charge in [0.15, 0.2) is 11.5 Å². The minimum Gasteiger partial charge on any atom is -0.486 e. The molecule has 3 heterocycles. The summed E-state index contributed by atoms with van der Waals surface area (Å²) in [6.45, 7) is 2.13. The van der Waals surface area contributed by atoms with Crippen LogP contribution in [0, 0.1) is 0 Å². The lowest BCUT2D eigenvalue weighted by atomic mass is 10.0. The molecule has 0 saturated heterocycles. The third kappa shape index (κ3) is 3.28. The predicted molar refractivity (Wildman–Crippen MR) is 116 cm³/mol. The molecule has 5 rings (SSSR count). The molecule has 0 spiro atoms. The van der Waals surface area contributed by atoms with Gasteiger partial charge in [0, 0.05) is 43.5 Å². The number of aromatic nitrogens is 2. The highest BCUT2D eigenvalue weighted by molar-refractivity contribution is 5.74. The minimum atomic E-state index is 0.578. The lowest BCUT2D eigenvalue weighted by Gasteiger charge is -2.19. The van der Waals surface area contributed by atoms with Crippen molar-refractivity contribution < 1.29 is 9.47 Å². The van der Waals surface area contributed by atoms with E-state index in [1.165, 1.54) is 11.3 Å². The van der Waals surface area contributed by atoms with Crippen LogP contribution in [0.1, 0.15) is 18.4 Å². The monoisotopic (exact) mass is 390 g/mol. The van der Waals surface area contributed by atoms with Gasteiger partial charge >= 0.3 is 0 Å². The van der Waals surface area contributed by atoms with E-state index < -0.39 is 0 Å². The first-order valence-corrected chi connectivity index (χ1v) is 10.2. The van der Waals surface area contributed by atoms with Crippen LogP contribution in [0.15, 0.2) is 42.5 Å². The van der Waals surface area contributed by atoms with Crippen LogP contribution >= 0.6 is 0 Å². The van der Waals surface area contributed by atoms with Crippen molar-refractivity contribution in [1.82, 2.24) is 9.78 Å². The summed E-state index contributed by atoms with van der Waals surface area (Å²) in [7, 11) is 4.13. The zero-order chi connectivity index (χ0) is 19.8. The topological polar surface area (TPSA) is 51.6 Å². The van der Waals surface area contributed by atoms with E-state index in [0.717, 1.165) is 60.1 Å². The van der Waals surface area contributed by atoms with Crippen LogP contribution in [-0.4, -0.2) is 43.6 Å². The molecular weight excluding hydrogens is 364 g/mol. The fourth-order valence-electron chi connectivity index (χ4n) is 4.02. The molecule has 0 aliphatic carbocycles. The molecule has 1 N–H and O–H groups in total. The normalized spacial score (nSPS) is 15.2. The van der Waals surface area contributed by atoms with Gasteiger partial charge in [-0.2, -0.15) is 5.10 Å². The molecule has 6 nitrogen and oxygen atoms in total. The highest BCUT2D eigenvalue weighted by Crippen LogP contribution is 2.37. The summed E-state index contributed by atoms with van der Waals surface area (Å²) in [4.78, 5) is 2.12. The molecule has 0 saturated carbocycles. The Morgan fingerprint density at radius 1 is 1.00 bits per heavy atom. The van der Waals surface area contributed by atoms with Crippen molar-refractivity contribution in [2.45, 2.75) is 19.3 Å². The first-order chi connectivity index (χ1) is 14.2. The Balaban J connectivity index is 1.64. The summed E-state index contributed by atoms with van der Waals surface area (Å²) >= 11 is 0. The van der Waals surface area contributed by atoms with Crippen LogP contribution in [-0.2, 0) is 6.42 Å². The van der Waals surface area contributed by atoms with Crippen molar-refractivity contribution in [3.63, 3.8) is 0 Å². The van der Waals surface area contributed by atoms with Gasteiger partial charge in [-0.1, -0.05) is 12.1 Å². The van der Waals surface area contributed by atoms with E-state index in [-0.39, 0.29) is 0 Å². The molecule has 150 valence electrons. The lowest BCUT2D eigenvalue weighted by molar-refractivity contribution is 0.171. The molecule has 2 aromatic carbocycles. The molecule has 29 heavy (non-hydrogen) atoms. The smallest absolute Gasteiger partial charge is 0.163 e. The maximum absolute atomic E-state index is 5.80. The maximum atomic E-state index is 5.80. The van der Waals surface area contributed by atoms with Gasteiger partial charge in [0.25, 0.3) is 0 Å². The third-order valence-electron chi connectivity index (χ3n) is 5.54. The molecule has 0 amide bonds. The number of fused-ring (bicyclic) bond motifs is 2. The van der Waals surface area contributed by atoms with E-state index in [4.69, 9.17) is 14.6 Å². The Labute approximate surface area is 171 Å². The number of hydrogen-bond acceptors (Lipinski definition) is 5. The van der Waals surface area contributed by atoms with E-state index in [1.807, 2.05) is 22.9 Å². The van der Waals surface area contributed by atoms with E-state index >= 15 is 0 Å². The number of nitrogens with zero attached hydrogens (tertiary/aromatic N) is 3. The van der Waals surface area contributed by atoms with E-state index in [2.05, 4.69) is 48.6 Å². The van der Waals surface area contributed by atoms with Gasteiger partial charge in [0.1, 0.15) is 19.0 Å². The van der Waals surface area contributed by atoms with Crippen LogP contribution < -0.4 is 19.7 Å². The SMILES string of the molecule is CN(C)c1cccc(-c2nn(-c3ccc4c(c3)OCCO4)c3c2CCCCN3)c1. The Morgan fingerprint density at radius 3 is 2.72 bits per heavy atom. The molecule has 0 unspecified atom stereocenters. The molecule has 2 aliphatic rings. The Kier molecular flexibility index (Phi) is 4.54. The fraction of sp³-hybridized carbons (Fsp3) is 0.348. The van der Waals surface area contributed by atoms with Crippen molar-refractivity contribution in [1.29, 1.82) is 0 Å². The quantitative estimate of drug-likeness (QED) is 0.729. The minimum absolute atomic E-state index is 0.578. The van der Waals surface area contributed by atoms with Crippen molar-refractivity contribution in [3.8, 4) is 28.4 Å². The van der Waals surface area contributed by atoms with Crippen LogP contribution in [0.25, 0.3) is 16.9 Å². The molecular formula is C23H26N4O2. The molecule has 0 radical (unpaired) electrons. The fourth-order valence-corrected chi connectivity index (χ4v) is 4.02. The zero-order valence-corrected chi connectivity index (χ0v) is 16.9. The number of nitrogens with one attached hydrogen (secondary N) is 1. The zero-order valence-electron chi connectivity index (χ0n) is 16.9. The summed E-state index contributed by atoms with van der Waals surface area (Å²) < 4.78 is 13.5. The van der Waals surface area contributed by atoms with Gasteiger partial charge in [-0.05, 0) is 43.5 Å². The average Bonchev–Trinajstić information content (AvgIpc) is 2.94. The Hall–Kier alpha value is -3.15. The molecule has 1 aromatic heterocycles. The Morgan fingerprint density at radius 2 is 1.86 bits per heavy atom. The molecule has 2 aliphatic heterocycles. The van der Waals surface area contributed by atoms with Gasteiger partial charge < -0.3 is 19.7 Å². The highest BCUT2D eigenvalue weighted by Gasteiger charge is 2.23. The third-order valence-corrected chi connectivity index (χ3v) is 5.54. The van der Waals surface area contributed by atoms with Crippen LogP contribution in [0.2, 0.25) is 0 Å². The summed E-state index contributed by atoms with van der Waals surface area (Å²) in [5.74, 6) is 2.66. The summed E-state index contributed by atoms with van der Waals surface area (Å²) in [5.41, 5.74) is 5.63. The van der Waals surface area contributed by atoms with Gasteiger partial charge in [-0.15, -0.1) is 0 Å². The average molecular weight is 390 g/mol. The molecule has 0 bridgehead atoms. The highest BCUT2D eigenvalue weighted by atomic mass is 16.6. The van der Waals surface area contributed by atoms with Crippen molar-refractivity contribution in [2.75, 3.05) is 44.1 Å². The molecule has 3 aromatic rings. The second-order valence-corrected chi connectivity index (χ2v) is 7.74. The second-order valence-electron chi connectivity index (χ2n) is 7.74. The van der Waals surface area contributed by atoms with Gasteiger partial charge in [-0.3, -0.25) is 0 Å². The lowest BCUT2D eigenvalue weighted by Crippen LogP contribution is -2.15. The summed E-state index contributed by atoms with van der Waals surface area (Å²) in [5, 5.41) is 8.68. The predicted octanol–water partition coefficient (Wildman–Crippen LogP) is 4.12. The standard InChI is InChI=1S/C23H26N4O2/c1-26(2)17-7-5-6-16(14-17)22-19-8-3-4-11-24-23(19)27(25-22)18-9-10-20-21(15-18)29-13-12-28-20/h5-7,9-10,14-15,24H,3-4,8,11-13H2,1-2H3. The summed E-state index contributed by atoms with van der Waals surface area (Å²) in [6.07, 6.45) is 3.34. The van der Waals surface area contributed by atoms with Gasteiger partial charge in [0.05, 0.1) is 11.4 Å². The van der Waals surface area contributed by atoms with Crippen molar-refractivity contribution in [3.05, 3.63) is 48.0 Å². The number of benzene rings is 2. The van der Waals surface area contributed by atoms with Crippen molar-refractivity contribution >= 4 is 11.5 Å². The number of anilines is 2. The van der Waals surface area contributed by atoms with Crippen LogP contribution in [0.4, 0.5) is 11.5 Å². The first-order valence-electron chi connectivity index (χ1n) is 10.2. The van der Waals surface area contributed by atoms with E-state index in [0.29, 0.717) is 13.2 Å². The second kappa shape index (κ2) is 7.35. The maximum Gasteiger partial charge on any atom is 0.163 e. The van der Waals surface area contributed by atoms with E-state index in [9.17, 15) is 0 Å². The van der Waals surface area contributed by atoms with Gasteiger partial charge in [-0.25, -0.2) is 4.68 Å². The van der Waals surface area contributed by atoms with Crippen LogP contribution in [0.5, 0.6) is 11.5 Å². The molecule has 0 fully saturated rings. The Bertz CT molecular complexity index is 1040. The van der Waals surface area contributed by atoms with Crippen LogP contribution in [0.3, 0.4) is 0 Å². The number of rotatable bonds is 3. The van der Waals surface area contributed by atoms with Crippen molar-refractivity contribution in [2.24, 2.45) is 0 Å². The number of ether oxygens (including phenoxy) is 2. The van der Waals surface area contributed by atoms with E-state index in [1.54, 1.807) is 0 Å². The molecule has 6 heteroatoms. The molecule has 0 atom stereocenters. The van der Waals surface area contributed by atoms with Gasteiger partial charge in [0.2, 0.25) is 0 Å².